The molecule has 0 bridgehead atoms. The van der Waals surface area contributed by atoms with E-state index in [-0.39, 0.29) is 12.2 Å². The zero-order chi connectivity index (χ0) is 14.5. The molecule has 0 aromatic heterocycles. The third kappa shape index (κ3) is 5.60. The van der Waals surface area contributed by atoms with Gasteiger partial charge in [-0.1, -0.05) is 19.1 Å². The predicted octanol–water partition coefficient (Wildman–Crippen LogP) is 2.71. The fraction of sp³-hybridized carbons (Fsp3) is 0.417. The van der Waals surface area contributed by atoms with Crippen LogP contribution < -0.4 is 10.1 Å². The number of halogens is 3. The van der Waals surface area contributed by atoms with Crippen LogP contribution >= 0.6 is 0 Å². The number of carboxylic acid groups (broad SMARTS) is 1. The summed E-state index contributed by atoms with van der Waals surface area (Å²) in [4.78, 5) is 10.7. The van der Waals surface area contributed by atoms with E-state index in [0.717, 1.165) is 12.1 Å². The van der Waals surface area contributed by atoms with Crippen LogP contribution in [0.4, 0.5) is 13.2 Å². The van der Waals surface area contributed by atoms with Crippen LogP contribution in [0.3, 0.4) is 0 Å². The van der Waals surface area contributed by atoms with E-state index in [9.17, 15) is 18.0 Å². The van der Waals surface area contributed by atoms with Crippen LogP contribution in [-0.2, 0) is 4.79 Å². The normalized spacial score (nSPS) is 13.1. The second-order valence-electron chi connectivity index (χ2n) is 3.82. The van der Waals surface area contributed by atoms with Gasteiger partial charge in [-0.05, 0) is 24.2 Å². The van der Waals surface area contributed by atoms with Crippen molar-refractivity contribution in [3.05, 3.63) is 29.8 Å². The number of benzene rings is 1. The second-order valence-corrected chi connectivity index (χ2v) is 3.82. The first-order valence-electron chi connectivity index (χ1n) is 5.62. The van der Waals surface area contributed by atoms with Gasteiger partial charge in [-0.3, -0.25) is 4.79 Å². The summed E-state index contributed by atoms with van der Waals surface area (Å²) in [6.45, 7) is 2.37. The summed E-state index contributed by atoms with van der Waals surface area (Å²) in [5.41, 5.74) is 0.596. The molecule has 4 nitrogen and oxygen atoms in total. The number of ether oxygens (including phenoxy) is 1. The molecule has 0 heterocycles. The SMILES string of the molecule is CCNC(CC(=O)O)c1ccc(OC(F)(F)F)cc1. The molecule has 1 aromatic carbocycles. The number of alkyl halides is 3. The Morgan fingerprint density at radius 3 is 2.37 bits per heavy atom. The summed E-state index contributed by atoms with van der Waals surface area (Å²) in [7, 11) is 0. The number of rotatable bonds is 6. The van der Waals surface area contributed by atoms with E-state index in [0.29, 0.717) is 12.1 Å². The van der Waals surface area contributed by atoms with Gasteiger partial charge in [0.25, 0.3) is 0 Å². The number of hydrogen-bond donors (Lipinski definition) is 2. The summed E-state index contributed by atoms with van der Waals surface area (Å²) < 4.78 is 39.7. The first kappa shape index (κ1) is 15.3. The Balaban J connectivity index is 2.79. The largest absolute Gasteiger partial charge is 0.573 e. The minimum Gasteiger partial charge on any atom is -0.481 e. The molecule has 1 rings (SSSR count). The van der Waals surface area contributed by atoms with Gasteiger partial charge in [0, 0.05) is 6.04 Å². The van der Waals surface area contributed by atoms with Gasteiger partial charge in [-0.25, -0.2) is 0 Å². The van der Waals surface area contributed by atoms with Crippen molar-refractivity contribution in [1.82, 2.24) is 5.32 Å². The Bertz CT molecular complexity index is 417. The minimum atomic E-state index is -4.73. The summed E-state index contributed by atoms with van der Waals surface area (Å²) in [5.74, 6) is -1.32. The Morgan fingerprint density at radius 2 is 1.95 bits per heavy atom. The molecule has 1 atom stereocenters. The molecule has 0 saturated heterocycles. The van der Waals surface area contributed by atoms with Crippen LogP contribution in [0.5, 0.6) is 5.75 Å². The monoisotopic (exact) mass is 277 g/mol. The van der Waals surface area contributed by atoms with Gasteiger partial charge in [0.05, 0.1) is 6.42 Å². The molecule has 19 heavy (non-hydrogen) atoms. The van der Waals surface area contributed by atoms with Crippen molar-refractivity contribution in [3.63, 3.8) is 0 Å². The number of aliphatic carboxylic acids is 1. The van der Waals surface area contributed by atoms with Crippen LogP contribution in [0.2, 0.25) is 0 Å². The molecule has 2 N–H and O–H groups in total. The maximum Gasteiger partial charge on any atom is 0.573 e. The predicted molar refractivity (Wildman–Crippen MR) is 61.8 cm³/mol. The first-order valence-corrected chi connectivity index (χ1v) is 5.62. The van der Waals surface area contributed by atoms with Crippen molar-refractivity contribution < 1.29 is 27.8 Å². The third-order valence-electron chi connectivity index (χ3n) is 2.35. The van der Waals surface area contributed by atoms with E-state index in [1.54, 1.807) is 0 Å². The zero-order valence-corrected chi connectivity index (χ0v) is 10.2. The van der Waals surface area contributed by atoms with Gasteiger partial charge >= 0.3 is 12.3 Å². The van der Waals surface area contributed by atoms with Crippen molar-refractivity contribution >= 4 is 5.97 Å². The lowest BCUT2D eigenvalue weighted by molar-refractivity contribution is -0.274. The molecule has 0 amide bonds. The maximum atomic E-state index is 12.0. The molecule has 0 fully saturated rings. The lowest BCUT2D eigenvalue weighted by atomic mass is 10.0. The smallest absolute Gasteiger partial charge is 0.481 e. The highest BCUT2D eigenvalue weighted by atomic mass is 19.4. The summed E-state index contributed by atoms with van der Waals surface area (Å²) in [6.07, 6.45) is -4.88. The topological polar surface area (TPSA) is 58.6 Å². The Kier molecular flexibility index (Phi) is 5.17. The zero-order valence-electron chi connectivity index (χ0n) is 10.2. The van der Waals surface area contributed by atoms with Gasteiger partial charge in [-0.2, -0.15) is 0 Å². The fourth-order valence-corrected chi connectivity index (χ4v) is 1.63. The van der Waals surface area contributed by atoms with Gasteiger partial charge in [0.15, 0.2) is 0 Å². The summed E-state index contributed by atoms with van der Waals surface area (Å²) in [6, 6.07) is 4.71. The number of nitrogens with one attached hydrogen (secondary N) is 1. The molecule has 106 valence electrons. The maximum absolute atomic E-state index is 12.0. The Hall–Kier alpha value is -1.76. The van der Waals surface area contributed by atoms with Gasteiger partial charge in [0.2, 0.25) is 0 Å². The molecular weight excluding hydrogens is 263 g/mol. The minimum absolute atomic E-state index is 0.146. The fourth-order valence-electron chi connectivity index (χ4n) is 1.63. The van der Waals surface area contributed by atoms with Crippen molar-refractivity contribution in [2.24, 2.45) is 0 Å². The first-order chi connectivity index (χ1) is 8.81. The van der Waals surface area contributed by atoms with E-state index >= 15 is 0 Å². The van der Waals surface area contributed by atoms with E-state index in [1.807, 2.05) is 6.92 Å². The highest BCUT2D eigenvalue weighted by molar-refractivity contribution is 5.68. The second kappa shape index (κ2) is 6.42. The highest BCUT2D eigenvalue weighted by Crippen LogP contribution is 2.25. The van der Waals surface area contributed by atoms with Crippen LogP contribution in [0.25, 0.3) is 0 Å². The standard InChI is InChI=1S/C12H14F3NO3/c1-2-16-10(7-11(17)18)8-3-5-9(6-4-8)19-12(13,14)15/h3-6,10,16H,2,7H2,1H3,(H,17,18). The molecule has 1 aromatic rings. The van der Waals surface area contributed by atoms with E-state index < -0.39 is 18.4 Å². The van der Waals surface area contributed by atoms with Crippen molar-refractivity contribution in [1.29, 1.82) is 0 Å². The van der Waals surface area contributed by atoms with E-state index in [1.165, 1.54) is 12.1 Å². The summed E-state index contributed by atoms with van der Waals surface area (Å²) >= 11 is 0. The van der Waals surface area contributed by atoms with Crippen LogP contribution in [0.15, 0.2) is 24.3 Å². The Labute approximate surface area is 108 Å². The lowest BCUT2D eigenvalue weighted by Crippen LogP contribution is -2.23. The van der Waals surface area contributed by atoms with Crippen molar-refractivity contribution in [2.45, 2.75) is 25.7 Å². The third-order valence-corrected chi connectivity index (χ3v) is 2.35. The molecule has 7 heteroatoms. The van der Waals surface area contributed by atoms with E-state index in [2.05, 4.69) is 10.1 Å². The number of carboxylic acids is 1. The highest BCUT2D eigenvalue weighted by Gasteiger charge is 2.31. The number of carbonyl (C=O) groups is 1. The Morgan fingerprint density at radius 1 is 1.37 bits per heavy atom. The molecule has 0 aliphatic rings. The summed E-state index contributed by atoms with van der Waals surface area (Å²) in [5, 5.41) is 11.7. The molecule has 0 aliphatic carbocycles. The van der Waals surface area contributed by atoms with Crippen molar-refractivity contribution in [3.8, 4) is 5.75 Å². The average molecular weight is 277 g/mol. The molecule has 0 aliphatic heterocycles. The molecule has 0 saturated carbocycles. The van der Waals surface area contributed by atoms with Crippen molar-refractivity contribution in [2.75, 3.05) is 6.54 Å². The molecule has 0 radical (unpaired) electrons. The van der Waals surface area contributed by atoms with Crippen LogP contribution in [0, 0.1) is 0 Å². The van der Waals surface area contributed by atoms with Gasteiger partial charge in [0.1, 0.15) is 5.75 Å². The van der Waals surface area contributed by atoms with Crippen LogP contribution in [0.1, 0.15) is 24.9 Å². The molecule has 1 unspecified atom stereocenters. The number of hydrogen-bond acceptors (Lipinski definition) is 3. The lowest BCUT2D eigenvalue weighted by Gasteiger charge is -2.17. The van der Waals surface area contributed by atoms with Gasteiger partial charge in [-0.15, -0.1) is 13.2 Å². The molecular formula is C12H14F3NO3. The van der Waals surface area contributed by atoms with E-state index in [4.69, 9.17) is 5.11 Å². The average Bonchev–Trinajstić information content (AvgIpc) is 2.27. The van der Waals surface area contributed by atoms with Gasteiger partial charge < -0.3 is 15.2 Å². The molecule has 0 spiro atoms. The quantitative estimate of drug-likeness (QED) is 0.839. The van der Waals surface area contributed by atoms with Crippen LogP contribution in [-0.4, -0.2) is 24.0 Å².